The Labute approximate surface area is 107 Å². The third kappa shape index (κ3) is 3.43. The third-order valence-electron chi connectivity index (χ3n) is 2.48. The molecule has 1 aromatic rings. The fourth-order valence-electron chi connectivity index (χ4n) is 1.62. The fraction of sp³-hybridized carbons (Fsp3) is 0.700. The van der Waals surface area contributed by atoms with Crippen molar-refractivity contribution < 1.29 is 8.42 Å². The Bertz CT molecular complexity index is 482. The van der Waals surface area contributed by atoms with E-state index >= 15 is 0 Å². The van der Waals surface area contributed by atoms with Gasteiger partial charge in [-0.3, -0.25) is 4.68 Å². The summed E-state index contributed by atoms with van der Waals surface area (Å²) in [5, 5.41) is 4.75. The first kappa shape index (κ1) is 14.5. The molecule has 0 aliphatic rings. The number of aryl methyl sites for hydroxylation is 2. The molecule has 98 valence electrons. The number of hydrogen-bond acceptors (Lipinski definition) is 4. The van der Waals surface area contributed by atoms with E-state index in [1.54, 1.807) is 4.68 Å². The Kier molecular flexibility index (Phi) is 4.97. The zero-order chi connectivity index (χ0) is 13.1. The lowest BCUT2D eigenvalue weighted by Gasteiger charge is -2.05. The van der Waals surface area contributed by atoms with E-state index in [9.17, 15) is 8.42 Å². The number of hydrogen-bond donors (Lipinski definition) is 1. The van der Waals surface area contributed by atoms with Gasteiger partial charge in [-0.25, -0.2) is 8.42 Å². The van der Waals surface area contributed by atoms with Crippen LogP contribution in [0.1, 0.15) is 25.2 Å². The largest absolute Gasteiger partial charge is 0.329 e. The molecule has 0 saturated heterocycles. The summed E-state index contributed by atoms with van der Waals surface area (Å²) >= 11 is 6.14. The van der Waals surface area contributed by atoms with Gasteiger partial charge in [-0.1, -0.05) is 18.5 Å². The van der Waals surface area contributed by atoms with Gasteiger partial charge in [0.05, 0.1) is 27.9 Å². The maximum atomic E-state index is 11.7. The molecule has 2 N–H and O–H groups in total. The van der Waals surface area contributed by atoms with Gasteiger partial charge in [0.25, 0.3) is 0 Å². The van der Waals surface area contributed by atoms with Crippen LogP contribution in [0.3, 0.4) is 0 Å². The molecule has 0 amide bonds. The molecule has 17 heavy (non-hydrogen) atoms. The van der Waals surface area contributed by atoms with Gasteiger partial charge >= 0.3 is 0 Å². The van der Waals surface area contributed by atoms with Crippen LogP contribution in [0.25, 0.3) is 0 Å². The minimum atomic E-state index is -3.20. The molecule has 1 heterocycles. The molecule has 0 radical (unpaired) electrons. The van der Waals surface area contributed by atoms with Gasteiger partial charge < -0.3 is 5.73 Å². The molecular formula is C10H18ClN3O2S. The van der Waals surface area contributed by atoms with Gasteiger partial charge in [0, 0.05) is 13.1 Å². The summed E-state index contributed by atoms with van der Waals surface area (Å²) < 4.78 is 25.1. The molecule has 1 rings (SSSR count). The number of sulfone groups is 1. The lowest BCUT2D eigenvalue weighted by atomic mass is 10.3. The van der Waals surface area contributed by atoms with E-state index in [2.05, 4.69) is 5.10 Å². The van der Waals surface area contributed by atoms with Crippen molar-refractivity contribution in [3.8, 4) is 0 Å². The summed E-state index contributed by atoms with van der Waals surface area (Å²) in [6.07, 6.45) is 0.690. The molecule has 0 aliphatic carbocycles. The van der Waals surface area contributed by atoms with E-state index in [0.29, 0.717) is 23.7 Å². The smallest absolute Gasteiger partial charge is 0.157 e. The standard InChI is InChI=1S/C10H18ClN3O2S/c1-3-8-10(11)9(14(4-2)13-8)7-17(15,16)6-5-12/h3-7,12H2,1-2H3. The first-order valence-electron chi connectivity index (χ1n) is 5.59. The minimum Gasteiger partial charge on any atom is -0.329 e. The van der Waals surface area contributed by atoms with Gasteiger partial charge in [0.1, 0.15) is 0 Å². The average molecular weight is 280 g/mol. The number of aromatic nitrogens is 2. The van der Waals surface area contributed by atoms with Gasteiger partial charge in [-0.2, -0.15) is 5.10 Å². The quantitative estimate of drug-likeness (QED) is 0.842. The zero-order valence-corrected chi connectivity index (χ0v) is 11.7. The van der Waals surface area contributed by atoms with E-state index in [4.69, 9.17) is 17.3 Å². The maximum absolute atomic E-state index is 11.7. The lowest BCUT2D eigenvalue weighted by Crippen LogP contribution is -2.19. The first-order valence-corrected chi connectivity index (χ1v) is 7.79. The lowest BCUT2D eigenvalue weighted by molar-refractivity contribution is 0.585. The van der Waals surface area contributed by atoms with Crippen molar-refractivity contribution in [2.24, 2.45) is 5.73 Å². The highest BCUT2D eigenvalue weighted by molar-refractivity contribution is 7.90. The van der Waals surface area contributed by atoms with E-state index < -0.39 is 9.84 Å². The highest BCUT2D eigenvalue weighted by Crippen LogP contribution is 2.23. The normalized spacial score (nSPS) is 12.0. The summed E-state index contributed by atoms with van der Waals surface area (Å²) in [7, 11) is -3.20. The molecular weight excluding hydrogens is 262 g/mol. The summed E-state index contributed by atoms with van der Waals surface area (Å²) in [6.45, 7) is 4.57. The molecule has 0 aromatic carbocycles. The summed E-state index contributed by atoms with van der Waals surface area (Å²) in [6, 6.07) is 0. The van der Waals surface area contributed by atoms with Crippen LogP contribution >= 0.6 is 11.6 Å². The monoisotopic (exact) mass is 279 g/mol. The molecule has 0 spiro atoms. The van der Waals surface area contributed by atoms with E-state index in [1.165, 1.54) is 0 Å². The molecule has 0 fully saturated rings. The van der Waals surface area contributed by atoms with Crippen molar-refractivity contribution in [2.75, 3.05) is 12.3 Å². The topological polar surface area (TPSA) is 78.0 Å². The van der Waals surface area contributed by atoms with Crippen LogP contribution in [0.5, 0.6) is 0 Å². The van der Waals surface area contributed by atoms with Crippen molar-refractivity contribution in [3.63, 3.8) is 0 Å². The summed E-state index contributed by atoms with van der Waals surface area (Å²) in [5.41, 5.74) is 6.58. The minimum absolute atomic E-state index is 0.0281. The Hall–Kier alpha value is -0.590. The molecule has 1 aromatic heterocycles. The van der Waals surface area contributed by atoms with Gasteiger partial charge in [0.2, 0.25) is 0 Å². The molecule has 0 atom stereocenters. The van der Waals surface area contributed by atoms with Crippen LogP contribution in [0, 0.1) is 0 Å². The zero-order valence-electron chi connectivity index (χ0n) is 10.1. The number of nitrogens with zero attached hydrogens (tertiary/aromatic N) is 2. The molecule has 0 saturated carbocycles. The van der Waals surface area contributed by atoms with E-state index in [0.717, 1.165) is 5.69 Å². The molecule has 0 aliphatic heterocycles. The van der Waals surface area contributed by atoms with Crippen LogP contribution < -0.4 is 5.73 Å². The fourth-order valence-corrected chi connectivity index (χ4v) is 3.24. The predicted octanol–water partition coefficient (Wildman–Crippen LogP) is 0.992. The van der Waals surface area contributed by atoms with Crippen LogP contribution in [0.15, 0.2) is 0 Å². The molecule has 0 unspecified atom stereocenters. The maximum Gasteiger partial charge on any atom is 0.157 e. The van der Waals surface area contributed by atoms with Gasteiger partial charge in [-0.05, 0) is 13.3 Å². The van der Waals surface area contributed by atoms with Gasteiger partial charge in [-0.15, -0.1) is 0 Å². The van der Waals surface area contributed by atoms with Crippen LogP contribution in [0.4, 0.5) is 0 Å². The van der Waals surface area contributed by atoms with Crippen molar-refractivity contribution in [3.05, 3.63) is 16.4 Å². The molecule has 0 bridgehead atoms. The summed E-state index contributed by atoms with van der Waals surface area (Å²) in [5.74, 6) is -0.121. The second kappa shape index (κ2) is 5.84. The van der Waals surface area contributed by atoms with E-state index in [1.807, 2.05) is 13.8 Å². The first-order chi connectivity index (χ1) is 7.95. The van der Waals surface area contributed by atoms with Crippen LogP contribution in [-0.4, -0.2) is 30.5 Å². The van der Waals surface area contributed by atoms with E-state index in [-0.39, 0.29) is 18.1 Å². The van der Waals surface area contributed by atoms with Crippen LogP contribution in [0.2, 0.25) is 5.02 Å². The van der Waals surface area contributed by atoms with Gasteiger partial charge in [0.15, 0.2) is 9.84 Å². The second-order valence-corrected chi connectivity index (χ2v) is 6.32. The Morgan fingerprint density at radius 3 is 2.53 bits per heavy atom. The third-order valence-corrected chi connectivity index (χ3v) is 4.49. The summed E-state index contributed by atoms with van der Waals surface area (Å²) in [4.78, 5) is 0. The number of halogens is 1. The Balaban J connectivity index is 3.09. The SMILES string of the molecule is CCc1nn(CC)c(CS(=O)(=O)CCN)c1Cl. The number of rotatable bonds is 6. The molecule has 7 heteroatoms. The highest BCUT2D eigenvalue weighted by atomic mass is 35.5. The van der Waals surface area contributed by atoms with Crippen LogP contribution in [-0.2, 0) is 28.6 Å². The van der Waals surface area contributed by atoms with Crippen molar-refractivity contribution in [1.29, 1.82) is 0 Å². The average Bonchev–Trinajstić information content (AvgIpc) is 2.55. The highest BCUT2D eigenvalue weighted by Gasteiger charge is 2.20. The van der Waals surface area contributed by atoms with Crippen molar-refractivity contribution in [2.45, 2.75) is 32.6 Å². The number of nitrogens with two attached hydrogens (primary N) is 1. The second-order valence-electron chi connectivity index (χ2n) is 3.76. The Morgan fingerprint density at radius 2 is 2.06 bits per heavy atom. The predicted molar refractivity (Wildman–Crippen MR) is 68.8 cm³/mol. The van der Waals surface area contributed by atoms with Crippen molar-refractivity contribution >= 4 is 21.4 Å². The molecule has 5 nitrogen and oxygen atoms in total. The van der Waals surface area contributed by atoms with Crippen molar-refractivity contribution in [1.82, 2.24) is 9.78 Å². The Morgan fingerprint density at radius 1 is 1.41 bits per heavy atom.